The molecule has 166 valence electrons. The number of thioether (sulfide) groups is 1. The Balaban J connectivity index is 1.18. The van der Waals surface area contributed by atoms with Crippen LogP contribution in [0.5, 0.6) is 0 Å². The van der Waals surface area contributed by atoms with Gasteiger partial charge in [0.2, 0.25) is 5.91 Å². The van der Waals surface area contributed by atoms with Gasteiger partial charge in [-0.3, -0.25) is 4.79 Å². The van der Waals surface area contributed by atoms with Crippen LogP contribution in [0.4, 0.5) is 4.39 Å². The number of nitrogens with one attached hydrogen (secondary N) is 1. The number of hydrogen-bond acceptors (Lipinski definition) is 4. The third kappa shape index (κ3) is 4.26. The van der Waals surface area contributed by atoms with Crippen molar-refractivity contribution in [2.75, 3.05) is 12.3 Å². The van der Waals surface area contributed by atoms with E-state index in [-0.39, 0.29) is 17.1 Å². The zero-order chi connectivity index (χ0) is 21.4. The van der Waals surface area contributed by atoms with E-state index in [1.165, 1.54) is 68.2 Å². The lowest BCUT2D eigenvalue weighted by Crippen LogP contribution is -2.49. The quantitative estimate of drug-likeness (QED) is 0.617. The van der Waals surface area contributed by atoms with Crippen molar-refractivity contribution in [2.24, 2.45) is 17.8 Å². The first kappa shape index (κ1) is 21.0. The first-order valence-electron chi connectivity index (χ1n) is 11.6. The summed E-state index contributed by atoms with van der Waals surface area (Å²) in [4.78, 5) is 12.3. The number of amides is 1. The second kappa shape index (κ2) is 8.57. The molecule has 0 saturated heterocycles. The maximum Gasteiger partial charge on any atom is 0.230 e. The number of benzene rings is 1. The molecule has 4 bridgehead atoms. The summed E-state index contributed by atoms with van der Waals surface area (Å²) in [6.07, 6.45) is 8.75. The van der Waals surface area contributed by atoms with Crippen LogP contribution in [0.3, 0.4) is 0 Å². The molecule has 1 amide bonds. The van der Waals surface area contributed by atoms with E-state index in [0.717, 1.165) is 35.0 Å². The predicted octanol–water partition coefficient (Wildman–Crippen LogP) is 4.36. The summed E-state index contributed by atoms with van der Waals surface area (Å²) in [6.45, 7) is 3.54. The molecule has 4 aliphatic carbocycles. The van der Waals surface area contributed by atoms with Crippen LogP contribution in [0.1, 0.15) is 56.8 Å². The molecule has 0 aliphatic heterocycles. The van der Waals surface area contributed by atoms with Crippen molar-refractivity contribution in [3.63, 3.8) is 0 Å². The van der Waals surface area contributed by atoms with Crippen LogP contribution in [0, 0.1) is 23.6 Å². The van der Waals surface area contributed by atoms with Crippen molar-refractivity contribution in [3.05, 3.63) is 41.5 Å². The van der Waals surface area contributed by atoms with Crippen molar-refractivity contribution in [1.82, 2.24) is 20.1 Å². The van der Waals surface area contributed by atoms with Gasteiger partial charge in [-0.05, 0) is 87.3 Å². The van der Waals surface area contributed by atoms with Crippen LogP contribution in [0.25, 0.3) is 0 Å². The molecule has 4 saturated carbocycles. The summed E-state index contributed by atoms with van der Waals surface area (Å²) in [5, 5.41) is 13.0. The highest BCUT2D eigenvalue weighted by molar-refractivity contribution is 7.99. The van der Waals surface area contributed by atoms with Gasteiger partial charge in [-0.25, -0.2) is 4.39 Å². The highest BCUT2D eigenvalue weighted by atomic mass is 32.2. The maximum absolute atomic E-state index is 13.0. The Morgan fingerprint density at radius 3 is 2.39 bits per heavy atom. The fourth-order valence-electron chi connectivity index (χ4n) is 6.64. The standard InChI is InChI=1S/C24H31FN4OS/c1-2-29-22(24-12-17-9-18(13-24)11-19(10-17)14-24)27-28-23(29)31-15-21(30)26-8-7-16-3-5-20(25)6-4-16/h3-6,17-19H,2,7-15H2,1H3,(H,26,30). The van der Waals surface area contributed by atoms with Gasteiger partial charge in [-0.1, -0.05) is 23.9 Å². The minimum Gasteiger partial charge on any atom is -0.355 e. The number of carbonyl (C=O) groups is 1. The molecule has 0 unspecified atom stereocenters. The molecule has 5 nitrogen and oxygen atoms in total. The van der Waals surface area contributed by atoms with Crippen molar-refractivity contribution < 1.29 is 9.18 Å². The van der Waals surface area contributed by atoms with Gasteiger partial charge in [0.1, 0.15) is 11.6 Å². The second-order valence-electron chi connectivity index (χ2n) is 9.76. The Bertz CT molecular complexity index is 906. The molecule has 0 radical (unpaired) electrons. The number of hydrogen-bond donors (Lipinski definition) is 1. The van der Waals surface area contributed by atoms with Crippen LogP contribution in [-0.2, 0) is 23.2 Å². The summed E-state index contributed by atoms with van der Waals surface area (Å²) in [6, 6.07) is 6.41. The third-order valence-electron chi connectivity index (χ3n) is 7.53. The van der Waals surface area contributed by atoms with E-state index in [9.17, 15) is 9.18 Å². The first-order chi connectivity index (χ1) is 15.0. The number of nitrogens with zero attached hydrogens (tertiary/aromatic N) is 3. The second-order valence-corrected chi connectivity index (χ2v) is 10.7. The summed E-state index contributed by atoms with van der Waals surface area (Å²) in [5.74, 6) is 3.88. The van der Waals surface area contributed by atoms with Crippen LogP contribution in [0.2, 0.25) is 0 Å². The fraction of sp³-hybridized carbons (Fsp3) is 0.625. The van der Waals surface area contributed by atoms with Gasteiger partial charge >= 0.3 is 0 Å². The van der Waals surface area contributed by atoms with Crippen molar-refractivity contribution in [1.29, 1.82) is 0 Å². The molecular formula is C24H31FN4OS. The Hall–Kier alpha value is -1.89. The van der Waals surface area contributed by atoms with Crippen LogP contribution in [0.15, 0.2) is 29.4 Å². The smallest absolute Gasteiger partial charge is 0.230 e. The summed E-state index contributed by atoms with van der Waals surface area (Å²) in [5.41, 5.74) is 1.23. The summed E-state index contributed by atoms with van der Waals surface area (Å²) in [7, 11) is 0. The van der Waals surface area contributed by atoms with E-state index in [0.29, 0.717) is 18.7 Å². The molecule has 1 aromatic heterocycles. The Kier molecular flexibility index (Phi) is 5.80. The van der Waals surface area contributed by atoms with Gasteiger partial charge in [0.15, 0.2) is 5.16 Å². The largest absolute Gasteiger partial charge is 0.355 e. The molecule has 0 spiro atoms. The lowest BCUT2D eigenvalue weighted by Gasteiger charge is -2.56. The van der Waals surface area contributed by atoms with Gasteiger partial charge in [0, 0.05) is 18.5 Å². The molecular weight excluding hydrogens is 411 g/mol. The summed E-state index contributed by atoms with van der Waals surface area (Å²) >= 11 is 1.48. The van der Waals surface area contributed by atoms with E-state index in [2.05, 4.69) is 21.9 Å². The molecule has 6 rings (SSSR count). The van der Waals surface area contributed by atoms with Crippen LogP contribution >= 0.6 is 11.8 Å². The Labute approximate surface area is 187 Å². The van der Waals surface area contributed by atoms with Gasteiger partial charge in [0.05, 0.1) is 5.75 Å². The predicted molar refractivity (Wildman–Crippen MR) is 119 cm³/mol. The molecule has 0 atom stereocenters. The molecule has 1 aromatic carbocycles. The number of aromatic nitrogens is 3. The highest BCUT2D eigenvalue weighted by Crippen LogP contribution is 2.60. The lowest BCUT2D eigenvalue weighted by atomic mass is 9.49. The topological polar surface area (TPSA) is 59.8 Å². The highest BCUT2D eigenvalue weighted by Gasteiger charge is 2.53. The molecule has 4 aliphatic rings. The number of rotatable bonds is 8. The van der Waals surface area contributed by atoms with Crippen molar-refractivity contribution in [2.45, 2.75) is 69.0 Å². The Morgan fingerprint density at radius 1 is 1.13 bits per heavy atom. The van der Waals surface area contributed by atoms with Gasteiger partial charge < -0.3 is 9.88 Å². The van der Waals surface area contributed by atoms with E-state index in [1.54, 1.807) is 12.1 Å². The molecule has 31 heavy (non-hydrogen) atoms. The molecule has 7 heteroatoms. The summed E-state index contributed by atoms with van der Waals surface area (Å²) < 4.78 is 15.3. The van der Waals surface area contributed by atoms with Crippen LogP contribution in [-0.4, -0.2) is 33.0 Å². The normalized spacial score (nSPS) is 28.8. The average molecular weight is 443 g/mol. The number of halogens is 1. The minimum absolute atomic E-state index is 0.00545. The SMILES string of the molecule is CCn1c(SCC(=O)NCCc2ccc(F)cc2)nnc1C12CC3CC(CC(C3)C1)C2. The number of carbonyl (C=O) groups excluding carboxylic acids is 1. The molecule has 1 N–H and O–H groups in total. The zero-order valence-electron chi connectivity index (χ0n) is 18.1. The maximum atomic E-state index is 13.0. The lowest BCUT2D eigenvalue weighted by molar-refractivity contribution is -0.118. The first-order valence-corrected chi connectivity index (χ1v) is 12.6. The molecule has 1 heterocycles. The monoisotopic (exact) mass is 442 g/mol. The van der Waals surface area contributed by atoms with Gasteiger partial charge in [-0.15, -0.1) is 10.2 Å². The fourth-order valence-corrected chi connectivity index (χ4v) is 7.47. The molecule has 2 aromatic rings. The average Bonchev–Trinajstić information content (AvgIpc) is 3.17. The molecule has 4 fully saturated rings. The van der Waals surface area contributed by atoms with Crippen molar-refractivity contribution >= 4 is 17.7 Å². The van der Waals surface area contributed by atoms with E-state index in [1.807, 2.05) is 0 Å². The van der Waals surface area contributed by atoms with E-state index < -0.39 is 0 Å². The van der Waals surface area contributed by atoms with Gasteiger partial charge in [0.25, 0.3) is 0 Å². The zero-order valence-corrected chi connectivity index (χ0v) is 19.0. The van der Waals surface area contributed by atoms with E-state index >= 15 is 0 Å². The Morgan fingerprint density at radius 2 is 1.77 bits per heavy atom. The minimum atomic E-state index is -0.239. The third-order valence-corrected chi connectivity index (χ3v) is 8.49. The van der Waals surface area contributed by atoms with Crippen molar-refractivity contribution in [3.8, 4) is 0 Å². The van der Waals surface area contributed by atoms with Crippen LogP contribution < -0.4 is 5.32 Å². The van der Waals surface area contributed by atoms with E-state index in [4.69, 9.17) is 5.10 Å². The van der Waals surface area contributed by atoms with Gasteiger partial charge in [-0.2, -0.15) is 0 Å².